The number of aliphatic hydroxyl groups excluding tert-OH is 1. The van der Waals surface area contributed by atoms with Crippen LogP contribution in [0, 0.1) is 23.7 Å². The molecule has 0 radical (unpaired) electrons. The van der Waals surface area contributed by atoms with Crippen LogP contribution in [-0.2, 0) is 18.9 Å². The number of aliphatic hydroxyl groups is 1. The van der Waals surface area contributed by atoms with Crippen molar-refractivity contribution >= 4 is 10.8 Å². The molecule has 49 heavy (non-hydrogen) atoms. The van der Waals surface area contributed by atoms with Gasteiger partial charge in [0, 0.05) is 16.5 Å². The Hall–Kier alpha value is -4.80. The fourth-order valence-corrected chi connectivity index (χ4v) is 7.12. The van der Waals surface area contributed by atoms with Gasteiger partial charge in [0.05, 0.1) is 13.7 Å². The fourth-order valence-electron chi connectivity index (χ4n) is 7.12. The molecule has 2 heterocycles. The monoisotopic (exact) mass is 656 g/mol. The van der Waals surface area contributed by atoms with Gasteiger partial charge in [0.15, 0.2) is 23.8 Å². The van der Waals surface area contributed by atoms with Crippen LogP contribution in [0.2, 0.25) is 0 Å². The average Bonchev–Trinajstić information content (AvgIpc) is 3.76. The smallest absolute Gasteiger partial charge is 0.208 e. The van der Waals surface area contributed by atoms with E-state index in [1.807, 2.05) is 117 Å². The Balaban J connectivity index is 1.31. The summed E-state index contributed by atoms with van der Waals surface area (Å²) in [7, 11) is 1.61. The summed E-state index contributed by atoms with van der Waals surface area (Å²) in [4.78, 5) is 0. The highest BCUT2D eigenvalue weighted by Crippen LogP contribution is 2.51. The number of para-hydroxylation sites is 1. The highest BCUT2D eigenvalue weighted by Gasteiger charge is 2.64. The highest BCUT2D eigenvalue weighted by molar-refractivity contribution is 5.88. The Kier molecular flexibility index (Phi) is 7.88. The van der Waals surface area contributed by atoms with Crippen molar-refractivity contribution < 1.29 is 38.3 Å². The Morgan fingerprint density at radius 1 is 0.816 bits per heavy atom. The SMILES string of the molecule is COc1ccc([C@@H]2O[C@H](CO)[C@@]3(C#CC4=CC[C@H]5OC(C)(C)O[C@@]45C(Oc4ccccc4)C#C[C@H]3Oc3cccc4ccccc34)O2)cc1. The molecule has 8 nitrogen and oxygen atoms in total. The summed E-state index contributed by atoms with van der Waals surface area (Å²) in [6.07, 6.45) is -1.52. The van der Waals surface area contributed by atoms with E-state index < -0.39 is 54.3 Å². The van der Waals surface area contributed by atoms with Crippen molar-refractivity contribution in [2.45, 2.75) is 68.0 Å². The van der Waals surface area contributed by atoms with E-state index in [1.54, 1.807) is 7.11 Å². The van der Waals surface area contributed by atoms with Crippen molar-refractivity contribution in [1.29, 1.82) is 0 Å². The molecule has 4 aliphatic rings. The maximum atomic E-state index is 10.9. The molecule has 8 heteroatoms. The van der Waals surface area contributed by atoms with Crippen molar-refractivity contribution in [3.8, 4) is 40.9 Å². The summed E-state index contributed by atoms with van der Waals surface area (Å²) >= 11 is 0. The van der Waals surface area contributed by atoms with Crippen molar-refractivity contribution in [2.75, 3.05) is 13.7 Å². The van der Waals surface area contributed by atoms with Gasteiger partial charge in [0.1, 0.15) is 29.5 Å². The number of fused-ring (bicyclic) bond motifs is 1. The maximum absolute atomic E-state index is 10.9. The molecule has 8 rings (SSSR count). The van der Waals surface area contributed by atoms with Gasteiger partial charge in [-0.05, 0) is 56.0 Å². The van der Waals surface area contributed by atoms with Crippen LogP contribution >= 0.6 is 0 Å². The molecular formula is C41H36O8. The maximum Gasteiger partial charge on any atom is 0.208 e. The molecule has 248 valence electrons. The topological polar surface area (TPSA) is 84.8 Å². The summed E-state index contributed by atoms with van der Waals surface area (Å²) in [6, 6.07) is 30.7. The lowest BCUT2D eigenvalue weighted by Crippen LogP contribution is -2.53. The zero-order valence-corrected chi connectivity index (χ0v) is 27.4. The van der Waals surface area contributed by atoms with Crippen molar-refractivity contribution in [1.82, 2.24) is 0 Å². The largest absolute Gasteiger partial charge is 0.497 e. The van der Waals surface area contributed by atoms with Crippen LogP contribution in [0.15, 0.2) is 109 Å². The van der Waals surface area contributed by atoms with Gasteiger partial charge in [-0.15, -0.1) is 0 Å². The first kappa shape index (κ1) is 31.5. The molecule has 2 saturated heterocycles. The van der Waals surface area contributed by atoms with Gasteiger partial charge in [-0.2, -0.15) is 0 Å². The second-order valence-corrected chi connectivity index (χ2v) is 12.9. The van der Waals surface area contributed by atoms with Gasteiger partial charge >= 0.3 is 0 Å². The molecule has 0 amide bonds. The molecule has 4 aromatic rings. The van der Waals surface area contributed by atoms with E-state index in [0.717, 1.165) is 16.3 Å². The minimum atomic E-state index is -1.54. The Bertz CT molecular complexity index is 2010. The van der Waals surface area contributed by atoms with Crippen LogP contribution in [0.3, 0.4) is 0 Å². The first-order valence-corrected chi connectivity index (χ1v) is 16.4. The Morgan fingerprint density at radius 2 is 1.57 bits per heavy atom. The fraction of sp³-hybridized carbons (Fsp3) is 0.317. The minimum Gasteiger partial charge on any atom is -0.497 e. The van der Waals surface area contributed by atoms with Crippen LogP contribution < -0.4 is 14.2 Å². The molecule has 0 bridgehead atoms. The number of hydrogen-bond donors (Lipinski definition) is 1. The second kappa shape index (κ2) is 12.3. The van der Waals surface area contributed by atoms with Gasteiger partial charge in [0.25, 0.3) is 0 Å². The van der Waals surface area contributed by atoms with Gasteiger partial charge in [-0.25, -0.2) is 0 Å². The van der Waals surface area contributed by atoms with Gasteiger partial charge in [-0.3, -0.25) is 0 Å². The van der Waals surface area contributed by atoms with Crippen LogP contribution in [0.1, 0.15) is 32.1 Å². The van der Waals surface area contributed by atoms with E-state index in [1.165, 1.54) is 0 Å². The molecule has 4 aromatic carbocycles. The summed E-state index contributed by atoms with van der Waals surface area (Å²) in [6.45, 7) is 3.36. The van der Waals surface area contributed by atoms with E-state index in [9.17, 15) is 5.11 Å². The minimum absolute atomic E-state index is 0.400. The van der Waals surface area contributed by atoms with Gasteiger partial charge in [0.2, 0.25) is 11.7 Å². The summed E-state index contributed by atoms with van der Waals surface area (Å²) < 4.78 is 45.4. The molecule has 7 atom stereocenters. The zero-order chi connectivity index (χ0) is 33.6. The first-order chi connectivity index (χ1) is 23.8. The summed E-state index contributed by atoms with van der Waals surface area (Å²) in [5.74, 6) is 14.6. The van der Waals surface area contributed by atoms with Crippen molar-refractivity contribution in [3.05, 3.63) is 114 Å². The molecule has 1 unspecified atom stereocenters. The zero-order valence-electron chi connectivity index (χ0n) is 27.4. The van der Waals surface area contributed by atoms with Gasteiger partial charge in [-0.1, -0.05) is 96.5 Å². The normalized spacial score (nSPS) is 30.8. The third kappa shape index (κ3) is 5.43. The number of rotatable bonds is 7. The lowest BCUT2D eigenvalue weighted by atomic mass is 9.87. The number of ether oxygens (including phenoxy) is 7. The lowest BCUT2D eigenvalue weighted by Gasteiger charge is -2.34. The van der Waals surface area contributed by atoms with Crippen LogP contribution in [0.5, 0.6) is 17.2 Å². The van der Waals surface area contributed by atoms with E-state index in [4.69, 9.17) is 33.2 Å². The average molecular weight is 657 g/mol. The number of methoxy groups -OCH3 is 1. The van der Waals surface area contributed by atoms with E-state index in [0.29, 0.717) is 29.2 Å². The van der Waals surface area contributed by atoms with Crippen LogP contribution in [-0.4, -0.2) is 60.2 Å². The van der Waals surface area contributed by atoms with Gasteiger partial charge < -0.3 is 38.3 Å². The molecule has 2 aliphatic carbocycles. The number of benzene rings is 4. The third-order valence-corrected chi connectivity index (χ3v) is 9.41. The molecule has 2 spiro atoms. The highest BCUT2D eigenvalue weighted by atomic mass is 16.8. The summed E-state index contributed by atoms with van der Waals surface area (Å²) in [5.41, 5.74) is -1.29. The second-order valence-electron chi connectivity index (χ2n) is 12.9. The van der Waals surface area contributed by atoms with E-state index in [-0.39, 0.29) is 0 Å². The molecular weight excluding hydrogens is 620 g/mol. The number of hydrogen-bond acceptors (Lipinski definition) is 8. The molecule has 2 fully saturated rings. The standard InChI is InChI=1S/C41H36O8/c1-39(2)47-36-21-18-29-24-25-40(37(26-42)46-38(48-40)28-16-19-30(43-3)20-17-28)34(45-33-15-9-11-27-10-7-8-14-32(27)33)22-23-35(41(29,36)49-39)44-31-12-5-4-6-13-31/h4-20,34-38,42H,21,26H2,1-3H3/t34-,35?,36-,37-,38-,40+,41-/m1/s1. The predicted octanol–water partition coefficient (Wildman–Crippen LogP) is 6.13. The Morgan fingerprint density at radius 3 is 2.37 bits per heavy atom. The van der Waals surface area contributed by atoms with E-state index >= 15 is 0 Å². The lowest BCUT2D eigenvalue weighted by molar-refractivity contribution is -0.166. The van der Waals surface area contributed by atoms with Crippen LogP contribution in [0.4, 0.5) is 0 Å². The quantitative estimate of drug-likeness (QED) is 0.238. The molecule has 0 saturated carbocycles. The molecule has 1 N–H and O–H groups in total. The Labute approximate surface area is 285 Å². The summed E-state index contributed by atoms with van der Waals surface area (Å²) in [5, 5.41) is 12.8. The first-order valence-electron chi connectivity index (χ1n) is 16.4. The molecule has 0 aromatic heterocycles. The van der Waals surface area contributed by atoms with Crippen molar-refractivity contribution in [3.63, 3.8) is 0 Å². The van der Waals surface area contributed by atoms with Crippen LogP contribution in [0.25, 0.3) is 10.8 Å². The van der Waals surface area contributed by atoms with E-state index in [2.05, 4.69) is 23.7 Å². The third-order valence-electron chi connectivity index (χ3n) is 9.41. The molecule has 2 aliphatic heterocycles. The van der Waals surface area contributed by atoms with Crippen molar-refractivity contribution in [2.24, 2.45) is 0 Å². The predicted molar refractivity (Wildman–Crippen MR) is 182 cm³/mol.